The smallest absolute Gasteiger partial charge is 0.300 e. The maximum Gasteiger partial charge on any atom is 0.300 e. The number of Topliss-reactive ketones (excluding diaryl/α,β-unsaturated/α-hetero) is 1. The van der Waals surface area contributed by atoms with Crippen molar-refractivity contribution in [1.29, 1.82) is 0 Å². The molecule has 1 atom stereocenters. The molecule has 3 aromatic carbocycles. The summed E-state index contributed by atoms with van der Waals surface area (Å²) < 4.78 is 5.33. The summed E-state index contributed by atoms with van der Waals surface area (Å²) >= 11 is 0. The third-order valence-corrected chi connectivity index (χ3v) is 5.31. The van der Waals surface area contributed by atoms with Crippen molar-refractivity contribution in [3.63, 3.8) is 0 Å². The first kappa shape index (κ1) is 20.2. The SMILES string of the molecule is COc1ccccc1/C(O)=C1\C(=O)C(=O)N(c2cc(C)ccc2O)C1c1ccccc1. The van der Waals surface area contributed by atoms with Crippen molar-refractivity contribution < 1.29 is 24.5 Å². The van der Waals surface area contributed by atoms with Crippen molar-refractivity contribution in [3.05, 3.63) is 95.1 Å². The highest BCUT2D eigenvalue weighted by atomic mass is 16.5. The molecule has 1 aliphatic rings. The molecule has 6 nitrogen and oxygen atoms in total. The van der Waals surface area contributed by atoms with E-state index in [0.29, 0.717) is 16.9 Å². The fourth-order valence-electron chi connectivity index (χ4n) is 3.84. The van der Waals surface area contributed by atoms with E-state index in [9.17, 15) is 19.8 Å². The maximum atomic E-state index is 13.2. The third kappa shape index (κ3) is 3.42. The van der Waals surface area contributed by atoms with Crippen LogP contribution in [0.4, 0.5) is 5.69 Å². The molecule has 1 fully saturated rings. The van der Waals surface area contributed by atoms with E-state index in [1.807, 2.05) is 13.0 Å². The lowest BCUT2D eigenvalue weighted by atomic mass is 9.95. The van der Waals surface area contributed by atoms with Gasteiger partial charge in [-0.2, -0.15) is 0 Å². The number of benzene rings is 3. The number of carbonyl (C=O) groups excluding carboxylic acids is 2. The monoisotopic (exact) mass is 415 g/mol. The minimum absolute atomic E-state index is 0.0680. The number of anilines is 1. The molecule has 6 heteroatoms. The minimum Gasteiger partial charge on any atom is -0.507 e. The molecule has 1 unspecified atom stereocenters. The van der Waals surface area contributed by atoms with Crippen LogP contribution in [0.15, 0.2) is 78.4 Å². The van der Waals surface area contributed by atoms with Crippen molar-refractivity contribution in [3.8, 4) is 11.5 Å². The number of hydrogen-bond acceptors (Lipinski definition) is 5. The van der Waals surface area contributed by atoms with E-state index in [0.717, 1.165) is 5.56 Å². The van der Waals surface area contributed by atoms with Gasteiger partial charge in [-0.3, -0.25) is 14.5 Å². The molecule has 4 rings (SSSR count). The molecule has 2 N–H and O–H groups in total. The number of ether oxygens (including phenoxy) is 1. The van der Waals surface area contributed by atoms with Gasteiger partial charge in [-0.25, -0.2) is 0 Å². The van der Waals surface area contributed by atoms with Crippen LogP contribution in [-0.2, 0) is 9.59 Å². The van der Waals surface area contributed by atoms with Crippen LogP contribution in [-0.4, -0.2) is 29.0 Å². The quantitative estimate of drug-likeness (QED) is 0.376. The molecule has 0 aromatic heterocycles. The fraction of sp³-hybridized carbons (Fsp3) is 0.120. The van der Waals surface area contributed by atoms with Crippen LogP contribution in [0.2, 0.25) is 0 Å². The Morgan fingerprint density at radius 2 is 1.65 bits per heavy atom. The molecule has 0 radical (unpaired) electrons. The van der Waals surface area contributed by atoms with Crippen LogP contribution in [0.1, 0.15) is 22.7 Å². The van der Waals surface area contributed by atoms with E-state index < -0.39 is 17.7 Å². The number of methoxy groups -OCH3 is 1. The summed E-state index contributed by atoms with van der Waals surface area (Å²) in [6, 6.07) is 19.6. The van der Waals surface area contributed by atoms with Gasteiger partial charge in [-0.05, 0) is 42.3 Å². The molecule has 1 heterocycles. The summed E-state index contributed by atoms with van der Waals surface area (Å²) in [5.41, 5.74) is 1.87. The Balaban J connectivity index is 2.00. The van der Waals surface area contributed by atoms with Crippen molar-refractivity contribution in [2.75, 3.05) is 12.0 Å². The highest BCUT2D eigenvalue weighted by molar-refractivity contribution is 6.52. The van der Waals surface area contributed by atoms with E-state index in [1.54, 1.807) is 60.7 Å². The first-order chi connectivity index (χ1) is 14.9. The standard InChI is InChI=1S/C25H21NO5/c1-15-12-13-19(27)18(14-15)26-22(16-8-4-3-5-9-16)21(24(29)25(26)30)23(28)17-10-6-7-11-20(17)31-2/h3-14,22,27-28H,1-2H3/b23-21+. The second kappa shape index (κ2) is 7.99. The summed E-state index contributed by atoms with van der Waals surface area (Å²) in [7, 11) is 1.46. The summed E-state index contributed by atoms with van der Waals surface area (Å²) in [6.07, 6.45) is 0. The number of ketones is 1. The Labute approximate surface area is 179 Å². The van der Waals surface area contributed by atoms with Crippen LogP contribution in [0.3, 0.4) is 0 Å². The Morgan fingerprint density at radius 1 is 0.968 bits per heavy atom. The molecule has 0 aliphatic carbocycles. The van der Waals surface area contributed by atoms with Gasteiger partial charge >= 0.3 is 0 Å². The first-order valence-corrected chi connectivity index (χ1v) is 9.73. The van der Waals surface area contributed by atoms with Crippen LogP contribution in [0.25, 0.3) is 5.76 Å². The van der Waals surface area contributed by atoms with Crippen LogP contribution in [0.5, 0.6) is 11.5 Å². The molecule has 1 aliphatic heterocycles. The van der Waals surface area contributed by atoms with Crippen molar-refractivity contribution in [2.45, 2.75) is 13.0 Å². The van der Waals surface area contributed by atoms with E-state index in [1.165, 1.54) is 18.1 Å². The number of aryl methyl sites for hydroxylation is 1. The molecular weight excluding hydrogens is 394 g/mol. The maximum absolute atomic E-state index is 13.2. The minimum atomic E-state index is -0.918. The Bertz CT molecular complexity index is 1200. The van der Waals surface area contributed by atoms with Crippen LogP contribution in [0, 0.1) is 6.92 Å². The molecule has 0 spiro atoms. The van der Waals surface area contributed by atoms with Gasteiger partial charge in [-0.15, -0.1) is 0 Å². The normalized spacial score (nSPS) is 17.7. The zero-order chi connectivity index (χ0) is 22.1. The highest BCUT2D eigenvalue weighted by Gasteiger charge is 2.47. The summed E-state index contributed by atoms with van der Waals surface area (Å²) in [4.78, 5) is 27.5. The average molecular weight is 415 g/mol. The molecule has 0 bridgehead atoms. The van der Waals surface area contributed by atoms with E-state index >= 15 is 0 Å². The lowest BCUT2D eigenvalue weighted by Gasteiger charge is -2.26. The largest absolute Gasteiger partial charge is 0.507 e. The van der Waals surface area contributed by atoms with Crippen molar-refractivity contribution in [1.82, 2.24) is 0 Å². The lowest BCUT2D eigenvalue weighted by Crippen LogP contribution is -2.29. The van der Waals surface area contributed by atoms with Crippen LogP contribution >= 0.6 is 0 Å². The number of aliphatic hydroxyl groups is 1. The van der Waals surface area contributed by atoms with Gasteiger partial charge in [0.2, 0.25) is 0 Å². The summed E-state index contributed by atoms with van der Waals surface area (Å²) in [6.45, 7) is 1.83. The molecule has 3 aromatic rings. The average Bonchev–Trinajstić information content (AvgIpc) is 3.06. The van der Waals surface area contributed by atoms with Crippen molar-refractivity contribution in [2.24, 2.45) is 0 Å². The van der Waals surface area contributed by atoms with Gasteiger partial charge in [0.25, 0.3) is 11.7 Å². The van der Waals surface area contributed by atoms with Crippen LogP contribution < -0.4 is 9.64 Å². The van der Waals surface area contributed by atoms with Gasteiger partial charge in [0.05, 0.1) is 30.0 Å². The number of aromatic hydroxyl groups is 1. The molecular formula is C25H21NO5. The first-order valence-electron chi connectivity index (χ1n) is 9.73. The lowest BCUT2D eigenvalue weighted by molar-refractivity contribution is -0.132. The number of rotatable bonds is 4. The Hall–Kier alpha value is -4.06. The zero-order valence-electron chi connectivity index (χ0n) is 17.1. The molecule has 0 saturated carbocycles. The van der Waals surface area contributed by atoms with Gasteiger partial charge < -0.3 is 14.9 Å². The zero-order valence-corrected chi connectivity index (χ0v) is 17.1. The number of amides is 1. The van der Waals surface area contributed by atoms with E-state index in [2.05, 4.69) is 0 Å². The third-order valence-electron chi connectivity index (χ3n) is 5.31. The van der Waals surface area contributed by atoms with Gasteiger partial charge in [0, 0.05) is 0 Å². The summed E-state index contributed by atoms with van der Waals surface area (Å²) in [5.74, 6) is -1.76. The number of carbonyl (C=O) groups is 2. The number of hydrogen-bond donors (Lipinski definition) is 2. The van der Waals surface area contributed by atoms with E-state index in [-0.39, 0.29) is 22.8 Å². The Morgan fingerprint density at radius 3 is 2.35 bits per heavy atom. The van der Waals surface area contributed by atoms with E-state index in [4.69, 9.17) is 4.74 Å². The number of nitrogens with zero attached hydrogens (tertiary/aromatic N) is 1. The molecule has 156 valence electrons. The molecule has 1 amide bonds. The fourth-order valence-corrected chi connectivity index (χ4v) is 3.84. The predicted molar refractivity (Wildman–Crippen MR) is 117 cm³/mol. The predicted octanol–water partition coefficient (Wildman–Crippen LogP) is 4.34. The topological polar surface area (TPSA) is 87.1 Å². The summed E-state index contributed by atoms with van der Waals surface area (Å²) in [5, 5.41) is 21.7. The van der Waals surface area contributed by atoms with Gasteiger partial charge in [0.1, 0.15) is 17.3 Å². The number of phenolic OH excluding ortho intramolecular Hbond substituents is 1. The van der Waals surface area contributed by atoms with Crippen molar-refractivity contribution >= 4 is 23.1 Å². The number of phenols is 1. The second-order valence-electron chi connectivity index (χ2n) is 7.27. The number of para-hydroxylation sites is 1. The molecule has 1 saturated heterocycles. The molecule has 31 heavy (non-hydrogen) atoms. The number of aliphatic hydroxyl groups excluding tert-OH is 1. The van der Waals surface area contributed by atoms with Gasteiger partial charge in [-0.1, -0.05) is 48.5 Å². The van der Waals surface area contributed by atoms with Gasteiger partial charge in [0.15, 0.2) is 0 Å². The highest BCUT2D eigenvalue weighted by Crippen LogP contribution is 2.45. The Kier molecular flexibility index (Phi) is 5.21. The second-order valence-corrected chi connectivity index (χ2v) is 7.27.